The zero-order valence-corrected chi connectivity index (χ0v) is 21.5. The molecule has 0 heterocycles. The molecule has 196 valence electrons. The van der Waals surface area contributed by atoms with Crippen molar-refractivity contribution < 1.29 is 24.2 Å². The van der Waals surface area contributed by atoms with E-state index in [1.54, 1.807) is 7.11 Å². The number of benzene rings is 3. The molecule has 0 unspecified atom stereocenters. The molecule has 1 atom stereocenters. The maximum atomic E-state index is 12.1. The number of hydrogen-bond donors (Lipinski definition) is 3. The number of nitrogens with one attached hydrogen (secondary N) is 1. The first-order valence-corrected chi connectivity index (χ1v) is 12.6. The Morgan fingerprint density at radius 2 is 1.65 bits per heavy atom. The normalized spacial score (nSPS) is 11.5. The Labute approximate surface area is 218 Å². The van der Waals surface area contributed by atoms with E-state index >= 15 is 0 Å². The molecule has 3 aromatic carbocycles. The van der Waals surface area contributed by atoms with Crippen LogP contribution in [0.1, 0.15) is 36.5 Å². The van der Waals surface area contributed by atoms with E-state index in [1.165, 1.54) is 5.56 Å². The van der Waals surface area contributed by atoms with Crippen LogP contribution in [-0.2, 0) is 28.9 Å². The van der Waals surface area contributed by atoms with Crippen molar-refractivity contribution >= 4 is 11.9 Å². The first-order valence-electron chi connectivity index (χ1n) is 12.6. The molecule has 0 bridgehead atoms. The molecule has 0 spiro atoms. The zero-order valence-electron chi connectivity index (χ0n) is 21.5. The number of amides is 1. The molecule has 3 aromatic rings. The van der Waals surface area contributed by atoms with Crippen LogP contribution in [0.5, 0.6) is 11.5 Å². The molecule has 3 rings (SSSR count). The Balaban J connectivity index is 1.43. The van der Waals surface area contributed by atoms with Crippen LogP contribution in [0.25, 0.3) is 11.1 Å². The van der Waals surface area contributed by atoms with Crippen LogP contribution in [0.15, 0.2) is 66.7 Å². The lowest BCUT2D eigenvalue weighted by Gasteiger charge is -2.13. The quantitative estimate of drug-likeness (QED) is 0.281. The van der Waals surface area contributed by atoms with E-state index in [0.717, 1.165) is 53.0 Å². The zero-order chi connectivity index (χ0) is 26.6. The molecule has 0 aromatic heterocycles. The molecule has 0 radical (unpaired) electrons. The number of carboxylic acid groups (broad SMARTS) is 1. The fourth-order valence-electron chi connectivity index (χ4n) is 4.09. The molecule has 7 heteroatoms. The van der Waals surface area contributed by atoms with Crippen LogP contribution < -0.4 is 20.5 Å². The van der Waals surface area contributed by atoms with Crippen LogP contribution in [0.4, 0.5) is 0 Å². The van der Waals surface area contributed by atoms with Gasteiger partial charge >= 0.3 is 5.97 Å². The van der Waals surface area contributed by atoms with Gasteiger partial charge in [0.15, 0.2) is 0 Å². The van der Waals surface area contributed by atoms with Gasteiger partial charge < -0.3 is 25.6 Å². The monoisotopic (exact) mass is 504 g/mol. The highest BCUT2D eigenvalue weighted by Crippen LogP contribution is 2.28. The summed E-state index contributed by atoms with van der Waals surface area (Å²) < 4.78 is 11.0. The average Bonchev–Trinajstić information content (AvgIpc) is 2.91. The second kappa shape index (κ2) is 14.0. The fraction of sp³-hybridized carbons (Fsp3) is 0.333. The molecular formula is C30H36N2O5. The standard InChI is InChI=1S/C30H36N2O5/c1-3-23-20-26(15-16-27(23)24-11-7-22(8-12-24)19-28(31)30(34)35)37-18-17-32-29(33)6-4-5-21-9-13-25(36-2)14-10-21/h7-16,20,28H,3-6,17-19,31H2,1-2H3,(H,32,33)(H,34,35)/t28-/m0/s1. The van der Waals surface area contributed by atoms with Gasteiger partial charge in [0.2, 0.25) is 5.91 Å². The molecule has 0 fully saturated rings. The number of carboxylic acids is 1. The number of aryl methyl sites for hydroxylation is 2. The van der Waals surface area contributed by atoms with Crippen molar-refractivity contribution in [1.29, 1.82) is 0 Å². The number of aliphatic carboxylic acids is 1. The topological polar surface area (TPSA) is 111 Å². The summed E-state index contributed by atoms with van der Waals surface area (Å²) in [6.45, 7) is 2.94. The van der Waals surface area contributed by atoms with E-state index in [-0.39, 0.29) is 5.91 Å². The molecule has 0 aliphatic carbocycles. The summed E-state index contributed by atoms with van der Waals surface area (Å²) in [6, 6.07) is 20.8. The minimum Gasteiger partial charge on any atom is -0.497 e. The third kappa shape index (κ3) is 8.65. The Bertz CT molecular complexity index is 1160. The molecule has 0 aliphatic heterocycles. The maximum Gasteiger partial charge on any atom is 0.320 e. The minimum absolute atomic E-state index is 0.0227. The summed E-state index contributed by atoms with van der Waals surface area (Å²) in [6.07, 6.45) is 3.24. The first-order chi connectivity index (χ1) is 17.9. The fourth-order valence-corrected chi connectivity index (χ4v) is 4.09. The van der Waals surface area contributed by atoms with Crippen molar-refractivity contribution in [2.75, 3.05) is 20.3 Å². The first kappa shape index (κ1) is 27.7. The Morgan fingerprint density at radius 1 is 0.973 bits per heavy atom. The molecule has 0 saturated heterocycles. The number of ether oxygens (including phenoxy) is 2. The van der Waals surface area contributed by atoms with Crippen LogP contribution in [0, 0.1) is 0 Å². The molecule has 37 heavy (non-hydrogen) atoms. The number of hydrogen-bond acceptors (Lipinski definition) is 5. The predicted octanol–water partition coefficient (Wildman–Crippen LogP) is 4.40. The predicted molar refractivity (Wildman–Crippen MR) is 145 cm³/mol. The molecule has 4 N–H and O–H groups in total. The summed E-state index contributed by atoms with van der Waals surface area (Å²) in [4.78, 5) is 23.1. The van der Waals surface area contributed by atoms with Gasteiger partial charge in [-0.25, -0.2) is 0 Å². The maximum absolute atomic E-state index is 12.1. The van der Waals surface area contributed by atoms with E-state index in [9.17, 15) is 9.59 Å². The van der Waals surface area contributed by atoms with Gasteiger partial charge in [0, 0.05) is 6.42 Å². The van der Waals surface area contributed by atoms with Gasteiger partial charge in [0.25, 0.3) is 0 Å². The number of nitrogens with two attached hydrogens (primary N) is 1. The highest BCUT2D eigenvalue weighted by atomic mass is 16.5. The van der Waals surface area contributed by atoms with Crippen LogP contribution in [-0.4, -0.2) is 43.3 Å². The number of carbonyl (C=O) groups is 2. The Kier molecular flexibility index (Phi) is 10.5. The molecule has 0 aliphatic rings. The van der Waals surface area contributed by atoms with E-state index in [0.29, 0.717) is 26.0 Å². The number of carbonyl (C=O) groups excluding carboxylic acids is 1. The van der Waals surface area contributed by atoms with Crippen molar-refractivity contribution in [1.82, 2.24) is 5.32 Å². The van der Waals surface area contributed by atoms with Gasteiger partial charge in [0.1, 0.15) is 24.1 Å². The molecule has 7 nitrogen and oxygen atoms in total. The van der Waals surface area contributed by atoms with Gasteiger partial charge in [-0.1, -0.05) is 49.4 Å². The number of rotatable bonds is 14. The molecular weight excluding hydrogens is 468 g/mol. The van der Waals surface area contributed by atoms with Gasteiger partial charge in [-0.05, 0) is 77.8 Å². The summed E-state index contributed by atoms with van der Waals surface area (Å²) in [7, 11) is 1.65. The van der Waals surface area contributed by atoms with Gasteiger partial charge in [-0.3, -0.25) is 9.59 Å². The van der Waals surface area contributed by atoms with Gasteiger partial charge in [0.05, 0.1) is 13.7 Å². The van der Waals surface area contributed by atoms with Crippen LogP contribution >= 0.6 is 0 Å². The highest BCUT2D eigenvalue weighted by Gasteiger charge is 2.12. The number of methoxy groups -OCH3 is 1. The summed E-state index contributed by atoms with van der Waals surface area (Å²) >= 11 is 0. The third-order valence-corrected chi connectivity index (χ3v) is 6.22. The summed E-state index contributed by atoms with van der Waals surface area (Å²) in [5.74, 6) is 0.613. The SMILES string of the molecule is CCc1cc(OCCNC(=O)CCCc2ccc(OC)cc2)ccc1-c1ccc(C[C@H](N)C(=O)O)cc1. The van der Waals surface area contributed by atoms with Crippen molar-refractivity contribution in [2.24, 2.45) is 5.73 Å². The third-order valence-electron chi connectivity index (χ3n) is 6.22. The average molecular weight is 505 g/mol. The minimum atomic E-state index is -1.00. The molecule has 0 saturated carbocycles. The lowest BCUT2D eigenvalue weighted by atomic mass is 9.96. The highest BCUT2D eigenvalue weighted by molar-refractivity contribution is 5.76. The van der Waals surface area contributed by atoms with Gasteiger partial charge in [-0.2, -0.15) is 0 Å². The second-order valence-corrected chi connectivity index (χ2v) is 8.92. The van der Waals surface area contributed by atoms with E-state index in [4.69, 9.17) is 20.3 Å². The van der Waals surface area contributed by atoms with Crippen molar-refractivity contribution in [3.05, 3.63) is 83.4 Å². The van der Waals surface area contributed by atoms with E-state index in [2.05, 4.69) is 12.2 Å². The Hall–Kier alpha value is -3.84. The van der Waals surface area contributed by atoms with Crippen molar-refractivity contribution in [2.45, 2.75) is 45.1 Å². The molecule has 1 amide bonds. The Morgan fingerprint density at radius 3 is 2.30 bits per heavy atom. The second-order valence-electron chi connectivity index (χ2n) is 8.92. The summed E-state index contributed by atoms with van der Waals surface area (Å²) in [5.41, 5.74) is 11.0. The lowest BCUT2D eigenvalue weighted by Crippen LogP contribution is -2.32. The van der Waals surface area contributed by atoms with E-state index < -0.39 is 12.0 Å². The van der Waals surface area contributed by atoms with Crippen molar-refractivity contribution in [3.63, 3.8) is 0 Å². The summed E-state index contributed by atoms with van der Waals surface area (Å²) in [5, 5.41) is 11.9. The lowest BCUT2D eigenvalue weighted by molar-refractivity contribution is -0.138. The smallest absolute Gasteiger partial charge is 0.320 e. The van der Waals surface area contributed by atoms with Crippen LogP contribution in [0.3, 0.4) is 0 Å². The van der Waals surface area contributed by atoms with Crippen molar-refractivity contribution in [3.8, 4) is 22.6 Å². The largest absolute Gasteiger partial charge is 0.497 e. The van der Waals surface area contributed by atoms with E-state index in [1.807, 2.05) is 66.7 Å². The van der Waals surface area contributed by atoms with Crippen LogP contribution in [0.2, 0.25) is 0 Å². The van der Waals surface area contributed by atoms with Gasteiger partial charge in [-0.15, -0.1) is 0 Å².